The van der Waals surface area contributed by atoms with E-state index in [9.17, 15) is 0 Å². The van der Waals surface area contributed by atoms with E-state index >= 15 is 0 Å². The fourth-order valence-corrected chi connectivity index (χ4v) is 1.56. The van der Waals surface area contributed by atoms with Crippen molar-refractivity contribution in [1.82, 2.24) is 0 Å². The van der Waals surface area contributed by atoms with Crippen molar-refractivity contribution in [2.75, 3.05) is 13.7 Å². The van der Waals surface area contributed by atoms with Gasteiger partial charge < -0.3 is 4.74 Å². The van der Waals surface area contributed by atoms with E-state index in [2.05, 4.69) is 12.0 Å². The number of rotatable bonds is 3. The molecule has 1 rings (SSSR count). The Labute approximate surface area is 73.5 Å². The van der Waals surface area contributed by atoms with Gasteiger partial charge in [-0.1, -0.05) is 6.08 Å². The van der Waals surface area contributed by atoms with Crippen LogP contribution in [0.4, 0.5) is 0 Å². The van der Waals surface area contributed by atoms with Gasteiger partial charge in [0.2, 0.25) is 0 Å². The predicted octanol–water partition coefficient (Wildman–Crippen LogP) is 0.675. The Kier molecular flexibility index (Phi) is 4.29. The van der Waals surface area contributed by atoms with E-state index < -0.39 is 0 Å². The number of hydrogen-bond acceptors (Lipinski definition) is 2. The van der Waals surface area contributed by atoms with Crippen LogP contribution in [0.25, 0.3) is 0 Å². The third-order valence-corrected chi connectivity index (χ3v) is 2.33. The lowest BCUT2D eigenvalue weighted by Crippen LogP contribution is -2.49. The normalized spacial score (nSPS) is 24.8. The monoisotopic (exact) mass is 172 g/mol. The number of methoxy groups -OCH3 is 1. The molecule has 1 aliphatic rings. The molecule has 3 heteroatoms. The largest absolute Gasteiger partial charge is 0.381 e. The second kappa shape index (κ2) is 5.30. The van der Waals surface area contributed by atoms with Gasteiger partial charge in [0.25, 0.3) is 0 Å². The molecule has 0 aromatic carbocycles. The van der Waals surface area contributed by atoms with E-state index in [1.807, 2.05) is 0 Å². The summed E-state index contributed by atoms with van der Waals surface area (Å²) in [6, 6.07) is 0. The highest BCUT2D eigenvalue weighted by Gasteiger charge is 2.12. The third kappa shape index (κ3) is 2.93. The molecule has 0 heterocycles. The van der Waals surface area contributed by atoms with Gasteiger partial charge in [-0.2, -0.15) is 0 Å². The molecule has 0 radical (unpaired) electrons. The van der Waals surface area contributed by atoms with Crippen molar-refractivity contribution < 1.29 is 15.5 Å². The summed E-state index contributed by atoms with van der Waals surface area (Å²) in [4.78, 5) is 4.85. The van der Waals surface area contributed by atoms with Crippen molar-refractivity contribution in [2.45, 2.75) is 31.8 Å². The van der Waals surface area contributed by atoms with Crippen LogP contribution in [-0.2, 0) is 9.57 Å². The van der Waals surface area contributed by atoms with Gasteiger partial charge in [0.15, 0.2) is 0 Å². The summed E-state index contributed by atoms with van der Waals surface area (Å²) in [5.74, 6) is 3.38. The number of quaternary nitrogens is 1. The minimum absolute atomic E-state index is 0.434. The molecule has 1 aliphatic carbocycles. The van der Waals surface area contributed by atoms with Gasteiger partial charge in [-0.3, -0.25) is 0 Å². The Bertz CT molecular complexity index is 157. The van der Waals surface area contributed by atoms with E-state index in [1.165, 1.54) is 5.57 Å². The number of ether oxygens (including phenoxy) is 1. The number of allylic oxidation sites excluding steroid dienone is 1. The molecule has 1 atom stereocenters. The summed E-state index contributed by atoms with van der Waals surface area (Å²) in [7, 11) is 1.79. The highest BCUT2D eigenvalue weighted by molar-refractivity contribution is 5.04. The van der Waals surface area contributed by atoms with E-state index in [0.29, 0.717) is 12.7 Å². The van der Waals surface area contributed by atoms with Crippen LogP contribution in [-0.4, -0.2) is 19.8 Å². The molecule has 0 amide bonds. The first-order chi connectivity index (χ1) is 5.86. The van der Waals surface area contributed by atoms with E-state index in [1.54, 1.807) is 7.11 Å². The van der Waals surface area contributed by atoms with E-state index in [4.69, 9.17) is 9.57 Å². The molecule has 0 aromatic heterocycles. The first-order valence-electron chi connectivity index (χ1n) is 4.44. The summed E-state index contributed by atoms with van der Waals surface area (Å²) in [5, 5.41) is 0. The van der Waals surface area contributed by atoms with Gasteiger partial charge in [0.1, 0.15) is 6.61 Å². The molecular weight excluding hydrogens is 154 g/mol. The van der Waals surface area contributed by atoms with Gasteiger partial charge in [0, 0.05) is 7.11 Å². The zero-order valence-corrected chi connectivity index (χ0v) is 7.71. The number of hydrogen-bond donors (Lipinski definition) is 1. The average Bonchev–Trinajstić information content (AvgIpc) is 2.31. The van der Waals surface area contributed by atoms with Gasteiger partial charge in [-0.25, -0.2) is 10.7 Å². The maximum absolute atomic E-state index is 5.31. The summed E-state index contributed by atoms with van der Waals surface area (Å²) in [5.41, 5.74) is 1.37. The first kappa shape index (κ1) is 9.71. The van der Waals surface area contributed by atoms with Gasteiger partial charge in [0.05, 0.1) is 6.10 Å². The molecule has 0 saturated carbocycles. The lowest BCUT2D eigenvalue weighted by molar-refractivity contribution is -0.686. The van der Waals surface area contributed by atoms with E-state index in [0.717, 1.165) is 25.7 Å². The zero-order valence-electron chi connectivity index (χ0n) is 7.71. The Morgan fingerprint density at radius 3 is 3.08 bits per heavy atom. The van der Waals surface area contributed by atoms with Crippen LogP contribution in [0.15, 0.2) is 11.6 Å². The van der Waals surface area contributed by atoms with Crippen LogP contribution in [0, 0.1) is 0 Å². The van der Waals surface area contributed by atoms with E-state index in [-0.39, 0.29) is 0 Å². The summed E-state index contributed by atoms with van der Waals surface area (Å²) < 4.78 is 5.31. The van der Waals surface area contributed by atoms with Crippen molar-refractivity contribution >= 4 is 0 Å². The molecule has 0 spiro atoms. The maximum Gasteiger partial charge on any atom is 0.127 e. The third-order valence-electron chi connectivity index (χ3n) is 2.33. The molecule has 0 aromatic rings. The maximum atomic E-state index is 5.31. The Morgan fingerprint density at radius 2 is 2.42 bits per heavy atom. The van der Waals surface area contributed by atoms with Crippen molar-refractivity contribution in [3.05, 3.63) is 11.6 Å². The van der Waals surface area contributed by atoms with Crippen LogP contribution in [0.1, 0.15) is 25.7 Å². The molecule has 3 nitrogen and oxygen atoms in total. The topological polar surface area (TPSA) is 46.1 Å². The SMILES string of the molecule is COC1CCC=C(CO[NH3+])CC1. The fraction of sp³-hybridized carbons (Fsp3) is 0.778. The molecule has 3 N–H and O–H groups in total. The molecule has 0 saturated heterocycles. The Morgan fingerprint density at radius 1 is 1.58 bits per heavy atom. The summed E-state index contributed by atoms with van der Waals surface area (Å²) >= 11 is 0. The van der Waals surface area contributed by atoms with Gasteiger partial charge in [-0.15, -0.1) is 0 Å². The second-order valence-electron chi connectivity index (χ2n) is 3.18. The predicted molar refractivity (Wildman–Crippen MR) is 46.2 cm³/mol. The van der Waals surface area contributed by atoms with Crippen LogP contribution in [0.2, 0.25) is 0 Å². The highest BCUT2D eigenvalue weighted by Crippen LogP contribution is 2.19. The van der Waals surface area contributed by atoms with Crippen LogP contribution in [0.5, 0.6) is 0 Å². The molecular formula is C9H18NO2+. The van der Waals surface area contributed by atoms with Crippen LogP contribution in [0.3, 0.4) is 0 Å². The quantitative estimate of drug-likeness (QED) is 0.502. The second-order valence-corrected chi connectivity index (χ2v) is 3.18. The fourth-order valence-electron chi connectivity index (χ4n) is 1.56. The zero-order chi connectivity index (χ0) is 8.81. The summed E-state index contributed by atoms with van der Waals surface area (Å²) in [6.07, 6.45) is 7.14. The lowest BCUT2D eigenvalue weighted by Gasteiger charge is -2.10. The van der Waals surface area contributed by atoms with Crippen molar-refractivity contribution in [3.63, 3.8) is 0 Å². The van der Waals surface area contributed by atoms with Gasteiger partial charge >= 0.3 is 0 Å². The average molecular weight is 172 g/mol. The molecule has 0 fully saturated rings. The molecule has 12 heavy (non-hydrogen) atoms. The minimum Gasteiger partial charge on any atom is -0.381 e. The highest BCUT2D eigenvalue weighted by atomic mass is 16.6. The van der Waals surface area contributed by atoms with Crippen LogP contribution < -0.4 is 5.90 Å². The first-order valence-corrected chi connectivity index (χ1v) is 4.44. The van der Waals surface area contributed by atoms with Crippen molar-refractivity contribution in [3.8, 4) is 0 Å². The van der Waals surface area contributed by atoms with Crippen molar-refractivity contribution in [1.29, 1.82) is 0 Å². The molecule has 0 aliphatic heterocycles. The lowest BCUT2D eigenvalue weighted by atomic mass is 10.1. The van der Waals surface area contributed by atoms with Crippen molar-refractivity contribution in [2.24, 2.45) is 0 Å². The molecule has 1 unspecified atom stereocenters. The Balaban J connectivity index is 2.34. The minimum atomic E-state index is 0.434. The molecule has 0 bridgehead atoms. The van der Waals surface area contributed by atoms with Gasteiger partial charge in [-0.05, 0) is 31.3 Å². The summed E-state index contributed by atoms with van der Waals surface area (Å²) in [6.45, 7) is 0.677. The Hall–Kier alpha value is -0.380. The smallest absolute Gasteiger partial charge is 0.127 e. The molecule has 70 valence electrons. The standard InChI is InChI=1S/C9H18NO2/c1-11-9-4-2-3-8(5-6-9)7-12-10/h3,9H,2,4-7H2,1,10H3/q+1. The van der Waals surface area contributed by atoms with Crippen LogP contribution >= 0.6 is 0 Å².